The molecule has 92 valence electrons. The summed E-state index contributed by atoms with van der Waals surface area (Å²) in [6.07, 6.45) is 3.65. The van der Waals surface area contributed by atoms with Crippen LogP contribution in [0, 0.1) is 0 Å². The molecule has 0 saturated carbocycles. The van der Waals surface area contributed by atoms with Crippen LogP contribution in [0.4, 0.5) is 0 Å². The van der Waals surface area contributed by atoms with Gasteiger partial charge in [0.25, 0.3) is 0 Å². The van der Waals surface area contributed by atoms with E-state index in [1.54, 1.807) is 13.0 Å². The van der Waals surface area contributed by atoms with Gasteiger partial charge in [0, 0.05) is 5.02 Å². The summed E-state index contributed by atoms with van der Waals surface area (Å²) < 4.78 is 0. The van der Waals surface area contributed by atoms with Crippen LogP contribution < -0.4 is 0 Å². The van der Waals surface area contributed by atoms with Crippen LogP contribution in [0.5, 0.6) is 0 Å². The lowest BCUT2D eigenvalue weighted by Gasteiger charge is -2.19. The van der Waals surface area contributed by atoms with E-state index in [4.69, 9.17) is 11.6 Å². The molecule has 1 atom stereocenters. The number of hydrogen-bond acceptors (Lipinski definition) is 1. The van der Waals surface area contributed by atoms with Crippen LogP contribution in [0.15, 0.2) is 60.7 Å². The Kier molecular flexibility index (Phi) is 3.85. The van der Waals surface area contributed by atoms with Crippen LogP contribution in [0.2, 0.25) is 5.02 Å². The van der Waals surface area contributed by atoms with E-state index in [1.165, 1.54) is 0 Å². The van der Waals surface area contributed by atoms with E-state index in [0.717, 1.165) is 11.1 Å². The van der Waals surface area contributed by atoms with Crippen molar-refractivity contribution in [1.82, 2.24) is 0 Å². The third-order valence-corrected chi connectivity index (χ3v) is 3.04. The maximum absolute atomic E-state index is 10.4. The third-order valence-electron chi connectivity index (χ3n) is 2.81. The highest BCUT2D eigenvalue weighted by Gasteiger charge is 2.18. The number of benzene rings is 2. The lowest BCUT2D eigenvalue weighted by Crippen LogP contribution is -2.17. The molecule has 2 rings (SSSR count). The van der Waals surface area contributed by atoms with Crippen LogP contribution >= 0.6 is 11.6 Å². The number of halogens is 1. The molecule has 0 spiro atoms. The molecule has 0 aliphatic heterocycles. The zero-order valence-corrected chi connectivity index (χ0v) is 10.9. The van der Waals surface area contributed by atoms with Crippen LogP contribution in [0.25, 0.3) is 6.08 Å². The summed E-state index contributed by atoms with van der Waals surface area (Å²) in [6, 6.07) is 17.1. The van der Waals surface area contributed by atoms with Crippen molar-refractivity contribution in [3.8, 4) is 0 Å². The first-order chi connectivity index (χ1) is 8.58. The average Bonchev–Trinajstić information content (AvgIpc) is 2.38. The molecule has 0 heterocycles. The number of hydrogen-bond donors (Lipinski definition) is 1. The summed E-state index contributed by atoms with van der Waals surface area (Å²) in [5, 5.41) is 11.1. The third kappa shape index (κ3) is 3.22. The molecule has 2 aromatic rings. The molecule has 0 radical (unpaired) electrons. The first-order valence-electron chi connectivity index (χ1n) is 5.81. The summed E-state index contributed by atoms with van der Waals surface area (Å²) >= 11 is 5.92. The minimum Gasteiger partial charge on any atom is -0.381 e. The van der Waals surface area contributed by atoms with Crippen molar-refractivity contribution in [2.75, 3.05) is 0 Å². The molecular formula is C16H15ClO. The van der Waals surface area contributed by atoms with Crippen molar-refractivity contribution in [3.05, 3.63) is 76.8 Å². The van der Waals surface area contributed by atoms with Crippen LogP contribution in [0.3, 0.4) is 0 Å². The smallest absolute Gasteiger partial charge is 0.105 e. The van der Waals surface area contributed by atoms with Gasteiger partial charge in [0.15, 0.2) is 0 Å². The predicted octanol–water partition coefficient (Wildman–Crippen LogP) is 4.26. The average molecular weight is 259 g/mol. The normalized spacial score (nSPS) is 14.6. The molecule has 0 bridgehead atoms. The number of aliphatic hydroxyl groups is 1. The van der Waals surface area contributed by atoms with Gasteiger partial charge in [-0.05, 0) is 36.3 Å². The fourth-order valence-corrected chi connectivity index (χ4v) is 1.94. The lowest BCUT2D eigenvalue weighted by molar-refractivity contribution is 0.112. The standard InChI is InChI=1S/C16H15ClO/c1-16(18,14-7-3-2-4-8-14)11-10-13-6-5-9-15(17)12-13/h2-12,18H,1H3/b11-10+. The molecule has 1 N–H and O–H groups in total. The second-order valence-corrected chi connectivity index (χ2v) is 4.84. The largest absolute Gasteiger partial charge is 0.381 e. The molecule has 0 amide bonds. The fraction of sp³-hybridized carbons (Fsp3) is 0.125. The lowest BCUT2D eigenvalue weighted by atomic mass is 9.95. The molecular weight excluding hydrogens is 244 g/mol. The van der Waals surface area contributed by atoms with Crippen molar-refractivity contribution in [1.29, 1.82) is 0 Å². The van der Waals surface area contributed by atoms with Gasteiger partial charge in [-0.25, -0.2) is 0 Å². The van der Waals surface area contributed by atoms with Gasteiger partial charge in [-0.2, -0.15) is 0 Å². The highest BCUT2D eigenvalue weighted by molar-refractivity contribution is 6.30. The van der Waals surface area contributed by atoms with Gasteiger partial charge in [-0.15, -0.1) is 0 Å². The summed E-state index contributed by atoms with van der Waals surface area (Å²) in [4.78, 5) is 0. The molecule has 0 aliphatic carbocycles. The first-order valence-corrected chi connectivity index (χ1v) is 6.18. The fourth-order valence-electron chi connectivity index (χ4n) is 1.74. The molecule has 0 aromatic heterocycles. The molecule has 1 unspecified atom stereocenters. The maximum atomic E-state index is 10.4. The predicted molar refractivity (Wildman–Crippen MR) is 76.5 cm³/mol. The van der Waals surface area contributed by atoms with Crippen molar-refractivity contribution < 1.29 is 5.11 Å². The van der Waals surface area contributed by atoms with E-state index in [1.807, 2.05) is 60.7 Å². The van der Waals surface area contributed by atoms with E-state index in [2.05, 4.69) is 0 Å². The molecule has 0 fully saturated rings. The van der Waals surface area contributed by atoms with Crippen LogP contribution in [0.1, 0.15) is 18.1 Å². The van der Waals surface area contributed by atoms with Gasteiger partial charge in [-0.1, -0.05) is 60.1 Å². The van der Waals surface area contributed by atoms with E-state index >= 15 is 0 Å². The van der Waals surface area contributed by atoms with E-state index in [-0.39, 0.29) is 0 Å². The molecule has 1 nitrogen and oxygen atoms in total. The van der Waals surface area contributed by atoms with Gasteiger partial charge in [0.1, 0.15) is 5.60 Å². The highest BCUT2D eigenvalue weighted by atomic mass is 35.5. The Morgan fingerprint density at radius 2 is 1.78 bits per heavy atom. The van der Waals surface area contributed by atoms with Gasteiger partial charge in [0.05, 0.1) is 0 Å². The van der Waals surface area contributed by atoms with Crippen LogP contribution in [-0.2, 0) is 5.60 Å². The summed E-state index contributed by atoms with van der Waals surface area (Å²) in [5.41, 5.74) is 0.853. The zero-order valence-electron chi connectivity index (χ0n) is 10.2. The Labute approximate surface area is 112 Å². The molecule has 0 saturated heterocycles. The summed E-state index contributed by atoms with van der Waals surface area (Å²) in [6.45, 7) is 1.77. The Morgan fingerprint density at radius 3 is 2.44 bits per heavy atom. The Bertz CT molecular complexity index is 544. The quantitative estimate of drug-likeness (QED) is 0.872. The van der Waals surface area contributed by atoms with Gasteiger partial charge >= 0.3 is 0 Å². The number of rotatable bonds is 3. The molecule has 2 aromatic carbocycles. The molecule has 0 aliphatic rings. The van der Waals surface area contributed by atoms with Gasteiger partial charge in [0.2, 0.25) is 0 Å². The summed E-state index contributed by atoms with van der Waals surface area (Å²) in [7, 11) is 0. The second-order valence-electron chi connectivity index (χ2n) is 4.40. The molecule has 2 heteroatoms. The van der Waals surface area contributed by atoms with Gasteiger partial charge < -0.3 is 5.11 Å². The first kappa shape index (κ1) is 12.9. The van der Waals surface area contributed by atoms with Crippen LogP contribution in [-0.4, -0.2) is 5.11 Å². The van der Waals surface area contributed by atoms with E-state index in [9.17, 15) is 5.11 Å². The second kappa shape index (κ2) is 5.38. The minimum absolute atomic E-state index is 0.691. The van der Waals surface area contributed by atoms with E-state index in [0.29, 0.717) is 5.02 Å². The molecule has 18 heavy (non-hydrogen) atoms. The highest BCUT2D eigenvalue weighted by Crippen LogP contribution is 2.23. The van der Waals surface area contributed by atoms with Crippen molar-refractivity contribution in [2.45, 2.75) is 12.5 Å². The monoisotopic (exact) mass is 258 g/mol. The SMILES string of the molecule is CC(O)(/C=C/c1cccc(Cl)c1)c1ccccc1. The van der Waals surface area contributed by atoms with Gasteiger partial charge in [-0.3, -0.25) is 0 Å². The maximum Gasteiger partial charge on any atom is 0.105 e. The van der Waals surface area contributed by atoms with Crippen molar-refractivity contribution in [3.63, 3.8) is 0 Å². The van der Waals surface area contributed by atoms with E-state index < -0.39 is 5.60 Å². The van der Waals surface area contributed by atoms with Crippen molar-refractivity contribution in [2.24, 2.45) is 0 Å². The topological polar surface area (TPSA) is 20.2 Å². The minimum atomic E-state index is -0.983. The Hall–Kier alpha value is -1.57. The van der Waals surface area contributed by atoms with Crippen molar-refractivity contribution >= 4 is 17.7 Å². The Balaban J connectivity index is 2.23. The zero-order chi connectivity index (χ0) is 13.0. The summed E-state index contributed by atoms with van der Waals surface area (Å²) in [5.74, 6) is 0. The Morgan fingerprint density at radius 1 is 1.06 bits per heavy atom.